The Morgan fingerprint density at radius 1 is 0.903 bits per heavy atom. The first-order chi connectivity index (χ1) is 15.1. The Morgan fingerprint density at radius 3 is 2.39 bits per heavy atom. The van der Waals surface area contributed by atoms with Crippen molar-refractivity contribution >= 4 is 34.0 Å². The molecule has 1 aromatic heterocycles. The third-order valence-corrected chi connectivity index (χ3v) is 5.09. The molecule has 0 fully saturated rings. The lowest BCUT2D eigenvalue weighted by atomic mass is 10.1. The van der Waals surface area contributed by atoms with Gasteiger partial charge in [0.15, 0.2) is 23.1 Å². The van der Waals surface area contributed by atoms with Crippen LogP contribution in [0.15, 0.2) is 71.8 Å². The van der Waals surface area contributed by atoms with E-state index in [1.165, 1.54) is 0 Å². The lowest BCUT2D eigenvalue weighted by molar-refractivity contribution is 0.355. The molecular formula is C24H21ClN4O2. The molecule has 0 unspecified atom stereocenters. The number of halogens is 1. The van der Waals surface area contributed by atoms with Gasteiger partial charge in [-0.1, -0.05) is 23.7 Å². The summed E-state index contributed by atoms with van der Waals surface area (Å²) >= 11 is 6.02. The fourth-order valence-electron chi connectivity index (χ4n) is 3.15. The van der Waals surface area contributed by atoms with Crippen molar-refractivity contribution in [3.63, 3.8) is 0 Å². The van der Waals surface area contributed by atoms with E-state index in [0.717, 1.165) is 27.7 Å². The lowest BCUT2D eigenvalue weighted by Gasteiger charge is -2.11. The van der Waals surface area contributed by atoms with Gasteiger partial charge in [0.25, 0.3) is 0 Å². The van der Waals surface area contributed by atoms with Crippen molar-refractivity contribution in [3.8, 4) is 22.9 Å². The fraction of sp³-hybridized carbons (Fsp3) is 0.125. The fourth-order valence-corrected chi connectivity index (χ4v) is 3.28. The Bertz CT molecular complexity index is 1260. The van der Waals surface area contributed by atoms with Crippen molar-refractivity contribution in [2.75, 3.05) is 19.6 Å². The number of hydrogen-bond acceptors (Lipinski definition) is 6. The van der Waals surface area contributed by atoms with E-state index in [-0.39, 0.29) is 0 Å². The maximum atomic E-state index is 6.02. The maximum absolute atomic E-state index is 6.02. The molecule has 0 amide bonds. The van der Waals surface area contributed by atoms with Crippen LogP contribution in [0.1, 0.15) is 12.5 Å². The molecule has 0 aliphatic heterocycles. The average Bonchev–Trinajstić information content (AvgIpc) is 2.82. The molecule has 156 valence electrons. The summed E-state index contributed by atoms with van der Waals surface area (Å²) in [4.78, 5) is 9.40. The normalized spacial score (nSPS) is 11.4. The summed E-state index contributed by atoms with van der Waals surface area (Å²) in [6, 6.07) is 20.9. The van der Waals surface area contributed by atoms with Crippen molar-refractivity contribution in [2.45, 2.75) is 6.92 Å². The molecule has 4 rings (SSSR count). The van der Waals surface area contributed by atoms with Crippen molar-refractivity contribution in [3.05, 3.63) is 77.3 Å². The van der Waals surface area contributed by atoms with Crippen LogP contribution in [0.4, 0.5) is 5.82 Å². The highest BCUT2D eigenvalue weighted by Crippen LogP contribution is 2.28. The molecule has 0 spiro atoms. The average molecular weight is 433 g/mol. The van der Waals surface area contributed by atoms with Crippen LogP contribution in [0.2, 0.25) is 5.02 Å². The molecular weight excluding hydrogens is 412 g/mol. The summed E-state index contributed by atoms with van der Waals surface area (Å²) in [6.45, 7) is 1.91. The minimum absolute atomic E-state index is 0.594. The molecule has 0 saturated carbocycles. The number of aromatic nitrogens is 2. The molecule has 0 bridgehead atoms. The summed E-state index contributed by atoms with van der Waals surface area (Å²) in [5, 5.41) is 6.10. The Kier molecular flexibility index (Phi) is 6.00. The maximum Gasteiger partial charge on any atom is 0.162 e. The van der Waals surface area contributed by atoms with Crippen molar-refractivity contribution in [1.82, 2.24) is 9.97 Å². The van der Waals surface area contributed by atoms with Gasteiger partial charge < -0.3 is 9.47 Å². The second-order valence-electron chi connectivity index (χ2n) is 6.80. The van der Waals surface area contributed by atoms with Crippen molar-refractivity contribution < 1.29 is 9.47 Å². The Hall–Kier alpha value is -3.64. The first-order valence-electron chi connectivity index (χ1n) is 9.64. The van der Waals surface area contributed by atoms with E-state index in [0.29, 0.717) is 28.2 Å². The van der Waals surface area contributed by atoms with E-state index in [2.05, 4.69) is 15.5 Å². The van der Waals surface area contributed by atoms with E-state index in [4.69, 9.17) is 26.1 Å². The predicted octanol–water partition coefficient (Wildman–Crippen LogP) is 5.80. The second kappa shape index (κ2) is 9.02. The molecule has 7 heteroatoms. The molecule has 4 aromatic rings. The highest BCUT2D eigenvalue weighted by atomic mass is 35.5. The van der Waals surface area contributed by atoms with Gasteiger partial charge in [-0.3, -0.25) is 5.43 Å². The van der Waals surface area contributed by atoms with Gasteiger partial charge in [0, 0.05) is 21.5 Å². The van der Waals surface area contributed by atoms with Gasteiger partial charge in [0.05, 0.1) is 25.4 Å². The highest BCUT2D eigenvalue weighted by Gasteiger charge is 2.10. The summed E-state index contributed by atoms with van der Waals surface area (Å²) < 4.78 is 10.7. The van der Waals surface area contributed by atoms with E-state index in [1.54, 1.807) is 14.2 Å². The first-order valence-corrected chi connectivity index (χ1v) is 10.0. The standard InChI is InChI=1S/C24H21ClN4O2/c1-15(17-10-13-21(30-2)22(14-17)31-3)28-29-24-19-6-4-5-7-20(19)26-23(27-24)16-8-11-18(25)12-9-16/h4-14H,1-3H3,(H,26,27,29). The minimum Gasteiger partial charge on any atom is -0.493 e. The Labute approximate surface area is 185 Å². The van der Waals surface area contributed by atoms with E-state index < -0.39 is 0 Å². The van der Waals surface area contributed by atoms with Crippen LogP contribution < -0.4 is 14.9 Å². The van der Waals surface area contributed by atoms with Crippen LogP contribution in [-0.2, 0) is 0 Å². The number of ether oxygens (including phenoxy) is 2. The van der Waals surface area contributed by atoms with Gasteiger partial charge in [0.2, 0.25) is 0 Å². The molecule has 0 aliphatic carbocycles. The van der Waals surface area contributed by atoms with E-state index in [9.17, 15) is 0 Å². The van der Waals surface area contributed by atoms with Gasteiger partial charge in [-0.15, -0.1) is 0 Å². The molecule has 1 heterocycles. The molecule has 31 heavy (non-hydrogen) atoms. The Morgan fingerprint density at radius 2 is 1.65 bits per heavy atom. The van der Waals surface area contributed by atoms with Gasteiger partial charge in [-0.05, 0) is 61.5 Å². The molecule has 0 aliphatic rings. The number of hydrogen-bond donors (Lipinski definition) is 1. The largest absolute Gasteiger partial charge is 0.493 e. The number of anilines is 1. The number of rotatable bonds is 6. The van der Waals surface area contributed by atoms with Crippen LogP contribution in [0.5, 0.6) is 11.5 Å². The Balaban J connectivity index is 1.71. The number of para-hydroxylation sites is 1. The molecule has 0 radical (unpaired) electrons. The monoisotopic (exact) mass is 432 g/mol. The van der Waals surface area contributed by atoms with Gasteiger partial charge in [0.1, 0.15) is 0 Å². The molecule has 1 N–H and O–H groups in total. The van der Waals surface area contributed by atoms with Crippen LogP contribution in [-0.4, -0.2) is 29.9 Å². The molecule has 3 aromatic carbocycles. The summed E-state index contributed by atoms with van der Waals surface area (Å²) in [5.74, 6) is 2.53. The number of fused-ring (bicyclic) bond motifs is 1. The molecule has 6 nitrogen and oxygen atoms in total. The van der Waals surface area contributed by atoms with Crippen LogP contribution in [0.3, 0.4) is 0 Å². The van der Waals surface area contributed by atoms with Crippen molar-refractivity contribution in [2.24, 2.45) is 5.10 Å². The zero-order chi connectivity index (χ0) is 21.8. The quantitative estimate of drug-likeness (QED) is 0.308. The highest BCUT2D eigenvalue weighted by molar-refractivity contribution is 6.30. The van der Waals surface area contributed by atoms with Crippen LogP contribution >= 0.6 is 11.6 Å². The summed E-state index contributed by atoms with van der Waals surface area (Å²) in [7, 11) is 3.22. The number of methoxy groups -OCH3 is 2. The number of benzene rings is 3. The van der Waals surface area contributed by atoms with Crippen LogP contribution in [0.25, 0.3) is 22.3 Å². The van der Waals surface area contributed by atoms with Crippen molar-refractivity contribution in [1.29, 1.82) is 0 Å². The van der Waals surface area contributed by atoms with E-state index in [1.807, 2.05) is 73.7 Å². The smallest absolute Gasteiger partial charge is 0.162 e. The first kappa shape index (κ1) is 20.6. The zero-order valence-electron chi connectivity index (χ0n) is 17.4. The third kappa shape index (κ3) is 4.44. The minimum atomic E-state index is 0.594. The predicted molar refractivity (Wildman–Crippen MR) is 125 cm³/mol. The molecule has 0 saturated heterocycles. The molecule has 0 atom stereocenters. The number of hydrazone groups is 1. The lowest BCUT2D eigenvalue weighted by Crippen LogP contribution is -2.03. The van der Waals surface area contributed by atoms with Gasteiger partial charge >= 0.3 is 0 Å². The summed E-state index contributed by atoms with van der Waals surface area (Å²) in [6.07, 6.45) is 0. The number of nitrogens with zero attached hydrogens (tertiary/aromatic N) is 3. The topological polar surface area (TPSA) is 68.6 Å². The number of nitrogens with one attached hydrogen (secondary N) is 1. The summed E-state index contributed by atoms with van der Waals surface area (Å²) in [5.41, 5.74) is 6.49. The third-order valence-electron chi connectivity index (χ3n) is 4.84. The van der Waals surface area contributed by atoms with Gasteiger partial charge in [-0.25, -0.2) is 9.97 Å². The zero-order valence-corrected chi connectivity index (χ0v) is 18.1. The van der Waals surface area contributed by atoms with Gasteiger partial charge in [-0.2, -0.15) is 5.10 Å². The SMILES string of the molecule is COc1ccc(C(C)=NNc2nc(-c3ccc(Cl)cc3)nc3ccccc23)cc1OC. The van der Waals surface area contributed by atoms with Crippen LogP contribution in [0, 0.1) is 0 Å². The van der Waals surface area contributed by atoms with E-state index >= 15 is 0 Å². The second-order valence-corrected chi connectivity index (χ2v) is 7.24.